The number of carbonyl (C=O) groups is 1. The van der Waals surface area contributed by atoms with Crippen LogP contribution >= 0.6 is 0 Å². The summed E-state index contributed by atoms with van der Waals surface area (Å²) in [6, 6.07) is 5.23. The number of nitrogen functional groups attached to an aromatic ring is 1. The zero-order chi connectivity index (χ0) is 15.1. The molecule has 1 saturated carbocycles. The van der Waals surface area contributed by atoms with Crippen molar-refractivity contribution in [3.8, 4) is 5.75 Å². The first-order valence-corrected chi connectivity index (χ1v) is 6.94. The number of amides is 1. The van der Waals surface area contributed by atoms with E-state index in [2.05, 4.69) is 33.0 Å². The number of benzene rings is 1. The molecule has 20 heavy (non-hydrogen) atoms. The van der Waals surface area contributed by atoms with Gasteiger partial charge in [0.2, 0.25) is 0 Å². The van der Waals surface area contributed by atoms with Crippen molar-refractivity contribution in [1.82, 2.24) is 5.32 Å². The van der Waals surface area contributed by atoms with E-state index in [9.17, 15) is 4.79 Å². The molecule has 1 aliphatic rings. The van der Waals surface area contributed by atoms with Gasteiger partial charge >= 0.3 is 0 Å². The molecule has 0 heterocycles. The Morgan fingerprint density at radius 1 is 1.30 bits per heavy atom. The Labute approximate surface area is 120 Å². The van der Waals surface area contributed by atoms with Crippen LogP contribution in [0.4, 0.5) is 5.69 Å². The van der Waals surface area contributed by atoms with Crippen LogP contribution in [0.1, 0.15) is 38.1 Å². The van der Waals surface area contributed by atoms with Crippen LogP contribution in [0.15, 0.2) is 18.2 Å². The summed E-state index contributed by atoms with van der Waals surface area (Å²) in [5.74, 6) is 0.824. The van der Waals surface area contributed by atoms with E-state index in [4.69, 9.17) is 10.5 Å². The minimum atomic E-state index is -0.168. The van der Waals surface area contributed by atoms with E-state index in [0.29, 0.717) is 29.5 Å². The summed E-state index contributed by atoms with van der Waals surface area (Å²) in [5, 5.41) is 2.99. The van der Waals surface area contributed by atoms with E-state index in [0.717, 1.165) is 0 Å². The number of rotatable bonds is 4. The Balaban J connectivity index is 2.08. The van der Waals surface area contributed by atoms with Gasteiger partial charge in [-0.2, -0.15) is 0 Å². The number of hydrogen-bond acceptors (Lipinski definition) is 3. The van der Waals surface area contributed by atoms with Crippen LogP contribution in [0.2, 0.25) is 0 Å². The minimum absolute atomic E-state index is 0.168. The summed E-state index contributed by atoms with van der Waals surface area (Å²) in [6.45, 7) is 9.61. The third-order valence-corrected chi connectivity index (χ3v) is 5.29. The lowest BCUT2D eigenvalue weighted by molar-refractivity contribution is 0.0948. The fourth-order valence-corrected chi connectivity index (χ4v) is 3.09. The van der Waals surface area contributed by atoms with Gasteiger partial charge in [0.15, 0.2) is 0 Å². The fraction of sp³-hybridized carbons (Fsp3) is 0.562. The van der Waals surface area contributed by atoms with Crippen LogP contribution in [0, 0.1) is 16.7 Å². The third-order valence-electron chi connectivity index (χ3n) is 5.29. The van der Waals surface area contributed by atoms with E-state index in [1.807, 2.05) is 0 Å². The molecule has 0 spiro atoms. The molecule has 0 aliphatic heterocycles. The maximum Gasteiger partial charge on any atom is 0.257 e. The normalized spacial score (nSPS) is 19.4. The SMILES string of the molecule is COc1cccc(N)c1C(=O)NCC1C(C)(C)C1(C)C. The number of nitrogens with two attached hydrogens (primary N) is 1. The lowest BCUT2D eigenvalue weighted by Gasteiger charge is -2.12. The van der Waals surface area contributed by atoms with E-state index in [-0.39, 0.29) is 16.7 Å². The van der Waals surface area contributed by atoms with Gasteiger partial charge in [-0.3, -0.25) is 4.79 Å². The predicted octanol–water partition coefficient (Wildman–Crippen LogP) is 2.69. The molecule has 3 N–H and O–H groups in total. The molecule has 0 bridgehead atoms. The first-order chi connectivity index (χ1) is 9.23. The van der Waals surface area contributed by atoms with E-state index in [1.54, 1.807) is 25.3 Å². The topological polar surface area (TPSA) is 64.3 Å². The molecule has 0 atom stereocenters. The quantitative estimate of drug-likeness (QED) is 0.831. The van der Waals surface area contributed by atoms with Crippen LogP contribution in [-0.2, 0) is 0 Å². The highest BCUT2D eigenvalue weighted by atomic mass is 16.5. The zero-order valence-electron chi connectivity index (χ0n) is 12.9. The standard InChI is InChI=1S/C16H24N2O2/c1-15(2)12(16(15,3)4)9-18-14(19)13-10(17)7-6-8-11(13)20-5/h6-8,12H,9,17H2,1-5H3,(H,18,19). The molecule has 0 radical (unpaired) electrons. The number of carbonyl (C=O) groups excluding carboxylic acids is 1. The number of hydrogen-bond donors (Lipinski definition) is 2. The number of nitrogens with one attached hydrogen (secondary N) is 1. The summed E-state index contributed by atoms with van der Waals surface area (Å²) in [6.07, 6.45) is 0. The maximum absolute atomic E-state index is 12.3. The van der Waals surface area contributed by atoms with Gasteiger partial charge < -0.3 is 15.8 Å². The van der Waals surface area contributed by atoms with Gasteiger partial charge in [-0.25, -0.2) is 0 Å². The van der Waals surface area contributed by atoms with Crippen LogP contribution in [0.5, 0.6) is 5.75 Å². The van der Waals surface area contributed by atoms with E-state index < -0.39 is 0 Å². The highest BCUT2D eigenvalue weighted by Gasteiger charge is 2.64. The maximum atomic E-state index is 12.3. The molecule has 1 aliphatic carbocycles. The van der Waals surface area contributed by atoms with E-state index in [1.165, 1.54) is 0 Å². The summed E-state index contributed by atoms with van der Waals surface area (Å²) in [4.78, 5) is 12.3. The molecule has 2 rings (SSSR count). The van der Waals surface area contributed by atoms with Gasteiger partial charge in [0.05, 0.1) is 7.11 Å². The van der Waals surface area contributed by atoms with Crippen molar-refractivity contribution < 1.29 is 9.53 Å². The Morgan fingerprint density at radius 2 is 1.90 bits per heavy atom. The highest BCUT2D eigenvalue weighted by Crippen LogP contribution is 2.67. The Hall–Kier alpha value is -1.71. The Bertz CT molecular complexity index is 521. The van der Waals surface area contributed by atoms with Crippen molar-refractivity contribution in [2.45, 2.75) is 27.7 Å². The number of methoxy groups -OCH3 is 1. The van der Waals surface area contributed by atoms with Crippen molar-refractivity contribution in [1.29, 1.82) is 0 Å². The molecule has 4 heteroatoms. The predicted molar refractivity (Wildman–Crippen MR) is 80.8 cm³/mol. The molecule has 0 saturated heterocycles. The highest BCUT2D eigenvalue weighted by molar-refractivity contribution is 6.01. The van der Waals surface area contributed by atoms with E-state index >= 15 is 0 Å². The molecular formula is C16H24N2O2. The van der Waals surface area contributed by atoms with Gasteiger partial charge in [-0.1, -0.05) is 33.8 Å². The van der Waals surface area contributed by atoms with Gasteiger partial charge in [0.25, 0.3) is 5.91 Å². The lowest BCUT2D eigenvalue weighted by atomic mass is 10.0. The van der Waals surface area contributed by atoms with Gasteiger partial charge in [-0.05, 0) is 28.9 Å². The van der Waals surface area contributed by atoms with Crippen molar-refractivity contribution in [2.75, 3.05) is 19.4 Å². The first kappa shape index (κ1) is 14.7. The molecule has 4 nitrogen and oxygen atoms in total. The van der Waals surface area contributed by atoms with Crippen LogP contribution in [-0.4, -0.2) is 19.6 Å². The molecular weight excluding hydrogens is 252 g/mol. The number of anilines is 1. The average Bonchev–Trinajstić information content (AvgIpc) is 2.76. The smallest absolute Gasteiger partial charge is 0.257 e. The largest absolute Gasteiger partial charge is 0.496 e. The minimum Gasteiger partial charge on any atom is -0.496 e. The van der Waals surface area contributed by atoms with Crippen LogP contribution in [0.25, 0.3) is 0 Å². The molecule has 0 unspecified atom stereocenters. The van der Waals surface area contributed by atoms with Crippen molar-refractivity contribution in [3.63, 3.8) is 0 Å². The van der Waals surface area contributed by atoms with Crippen LogP contribution in [0.3, 0.4) is 0 Å². The lowest BCUT2D eigenvalue weighted by Crippen LogP contribution is -2.28. The van der Waals surface area contributed by atoms with Crippen LogP contribution < -0.4 is 15.8 Å². The second kappa shape index (κ2) is 4.69. The molecule has 1 aromatic rings. The Kier molecular flexibility index (Phi) is 3.44. The second-order valence-electron chi connectivity index (χ2n) is 6.63. The van der Waals surface area contributed by atoms with Gasteiger partial charge in [0.1, 0.15) is 11.3 Å². The average molecular weight is 276 g/mol. The molecule has 1 amide bonds. The van der Waals surface area contributed by atoms with Gasteiger partial charge in [0, 0.05) is 12.2 Å². The summed E-state index contributed by atoms with van der Waals surface area (Å²) >= 11 is 0. The Morgan fingerprint density at radius 3 is 2.40 bits per heavy atom. The summed E-state index contributed by atoms with van der Waals surface area (Å²) in [5.41, 5.74) is 7.26. The molecule has 110 valence electrons. The van der Waals surface area contributed by atoms with Crippen molar-refractivity contribution in [3.05, 3.63) is 23.8 Å². The second-order valence-corrected chi connectivity index (χ2v) is 6.63. The van der Waals surface area contributed by atoms with Gasteiger partial charge in [-0.15, -0.1) is 0 Å². The van der Waals surface area contributed by atoms with Crippen molar-refractivity contribution in [2.24, 2.45) is 16.7 Å². The number of ether oxygens (including phenoxy) is 1. The summed E-state index contributed by atoms with van der Waals surface area (Å²) < 4.78 is 5.21. The summed E-state index contributed by atoms with van der Waals surface area (Å²) in [7, 11) is 1.54. The first-order valence-electron chi connectivity index (χ1n) is 6.94. The molecule has 1 aromatic carbocycles. The fourth-order valence-electron chi connectivity index (χ4n) is 3.09. The monoisotopic (exact) mass is 276 g/mol. The molecule has 0 aromatic heterocycles. The van der Waals surface area contributed by atoms with Crippen molar-refractivity contribution >= 4 is 11.6 Å². The molecule has 1 fully saturated rings. The third kappa shape index (κ3) is 2.13. The zero-order valence-corrected chi connectivity index (χ0v) is 12.9.